The number of cyclic esters (lactones) is 1. The van der Waals surface area contributed by atoms with Crippen LogP contribution in [0.5, 0.6) is 0 Å². The van der Waals surface area contributed by atoms with E-state index in [-0.39, 0.29) is 14.5 Å². The molecule has 1 saturated heterocycles. The molecule has 6 rings (SSSR count). The largest absolute Gasteiger partial charge is 0.451 e. The van der Waals surface area contributed by atoms with Crippen molar-refractivity contribution in [1.29, 1.82) is 5.26 Å². The number of carbonyl (C=O) groups is 3. The maximum atomic E-state index is 13.3. The van der Waals surface area contributed by atoms with Gasteiger partial charge < -0.3 is 19.8 Å². The second-order valence-corrected chi connectivity index (χ2v) is 10.7. The highest BCUT2D eigenvalue weighted by molar-refractivity contribution is 7.14. The summed E-state index contributed by atoms with van der Waals surface area (Å²) in [5, 5.41) is 18.4. The van der Waals surface area contributed by atoms with Crippen molar-refractivity contribution >= 4 is 45.3 Å². The second-order valence-electron chi connectivity index (χ2n) is 9.89. The molecule has 3 amide bonds. The number of fused-ring (bicyclic) bond motifs is 1. The lowest BCUT2D eigenvalue weighted by atomic mass is 9.80. The van der Waals surface area contributed by atoms with Crippen LogP contribution in [0.1, 0.15) is 58.4 Å². The summed E-state index contributed by atoms with van der Waals surface area (Å²) < 4.78 is 10.9. The second kappa shape index (κ2) is 8.88. The number of thiazole rings is 1. The molecule has 0 radical (unpaired) electrons. The molecular weight excluding hydrogens is 494 g/mol. The summed E-state index contributed by atoms with van der Waals surface area (Å²) in [5.74, 6) is -0.635. The van der Waals surface area contributed by atoms with Crippen LogP contribution in [0.4, 0.5) is 9.93 Å². The number of hydrogen-bond donors (Lipinski definition) is 2. The molecule has 2 saturated carbocycles. The van der Waals surface area contributed by atoms with Crippen LogP contribution in [0.15, 0.2) is 34.1 Å². The van der Waals surface area contributed by atoms with Gasteiger partial charge in [-0.15, -0.1) is 11.3 Å². The standard InChI is InChI=1S/C26H25N5O5S.2H2/c27-15-25(8-9-25)30-22(33)26(6-2-1-3-7-26)29-21(32)20-13-17-5-4-16(12-19(17)36-20)18-14-37-23(28-18)31-10-11-35-24(31)34;;/h4-5,12-14H,1-3,6-11H2,(H,29,32)(H,30,33);2*1H. The third kappa shape index (κ3) is 4.31. The van der Waals surface area contributed by atoms with E-state index in [1.54, 1.807) is 12.1 Å². The van der Waals surface area contributed by atoms with Crippen molar-refractivity contribution in [3.8, 4) is 17.3 Å². The van der Waals surface area contributed by atoms with E-state index in [4.69, 9.17) is 9.15 Å². The predicted molar refractivity (Wildman–Crippen MR) is 139 cm³/mol. The van der Waals surface area contributed by atoms with E-state index < -0.39 is 23.1 Å². The number of nitrogens with one attached hydrogen (secondary N) is 2. The Balaban J connectivity index is 0.00000176. The lowest BCUT2D eigenvalue weighted by Gasteiger charge is -2.37. The number of amides is 3. The van der Waals surface area contributed by atoms with Crippen molar-refractivity contribution in [1.82, 2.24) is 15.6 Å². The van der Waals surface area contributed by atoms with E-state index in [0.717, 1.165) is 30.2 Å². The lowest BCUT2D eigenvalue weighted by Crippen LogP contribution is -2.61. The first-order valence-electron chi connectivity index (χ1n) is 12.4. The molecule has 11 heteroatoms. The monoisotopic (exact) mass is 523 g/mol. The molecule has 0 unspecified atom stereocenters. The number of nitrogens with zero attached hydrogens (tertiary/aromatic N) is 3. The van der Waals surface area contributed by atoms with Gasteiger partial charge >= 0.3 is 6.09 Å². The molecule has 2 aromatic heterocycles. The summed E-state index contributed by atoms with van der Waals surface area (Å²) in [5.41, 5.74) is 0.139. The third-order valence-electron chi connectivity index (χ3n) is 7.33. The van der Waals surface area contributed by atoms with Crippen molar-refractivity contribution in [3.63, 3.8) is 0 Å². The molecule has 10 nitrogen and oxygen atoms in total. The average Bonchev–Trinajstić information content (AvgIpc) is 3.25. The van der Waals surface area contributed by atoms with Gasteiger partial charge in [0.2, 0.25) is 5.91 Å². The Morgan fingerprint density at radius 2 is 1.95 bits per heavy atom. The Hall–Kier alpha value is -3.91. The van der Waals surface area contributed by atoms with Crippen LogP contribution in [0.3, 0.4) is 0 Å². The number of aromatic nitrogens is 1. The zero-order valence-corrected chi connectivity index (χ0v) is 20.9. The molecule has 0 spiro atoms. The summed E-state index contributed by atoms with van der Waals surface area (Å²) in [7, 11) is 0. The number of carbonyl (C=O) groups excluding carboxylic acids is 3. The third-order valence-corrected chi connectivity index (χ3v) is 8.20. The van der Waals surface area contributed by atoms with E-state index >= 15 is 0 Å². The summed E-state index contributed by atoms with van der Waals surface area (Å²) in [6.07, 6.45) is 4.55. The highest BCUT2D eigenvalue weighted by atomic mass is 32.1. The number of hydrogen-bond acceptors (Lipinski definition) is 8. The molecule has 0 atom stereocenters. The Labute approximate surface area is 219 Å². The highest BCUT2D eigenvalue weighted by Gasteiger charge is 2.50. The van der Waals surface area contributed by atoms with Crippen molar-refractivity contribution in [3.05, 3.63) is 35.4 Å². The Bertz CT molecular complexity index is 1450. The molecule has 3 aromatic rings. The summed E-state index contributed by atoms with van der Waals surface area (Å²) in [4.78, 5) is 44.4. The number of benzene rings is 1. The van der Waals surface area contributed by atoms with Crippen molar-refractivity contribution in [2.45, 2.75) is 56.0 Å². The molecule has 194 valence electrons. The van der Waals surface area contributed by atoms with Crippen molar-refractivity contribution in [2.24, 2.45) is 0 Å². The first kappa shape index (κ1) is 23.5. The number of ether oxygens (including phenoxy) is 1. The normalized spacial score (nSPS) is 19.8. The van der Waals surface area contributed by atoms with Crippen LogP contribution in [-0.2, 0) is 9.53 Å². The zero-order chi connectivity index (χ0) is 25.6. The Morgan fingerprint density at radius 1 is 1.14 bits per heavy atom. The topological polar surface area (TPSA) is 138 Å². The van der Waals surface area contributed by atoms with Crippen LogP contribution in [0, 0.1) is 11.3 Å². The SMILES string of the molecule is N#CC1(NC(=O)C2(NC(=O)c3cc4ccc(-c5csc(N6CCOC6=O)n5)cc4o3)CCCCC2)CC1.[HH].[HH]. The molecule has 0 bridgehead atoms. The van der Waals surface area contributed by atoms with Gasteiger partial charge in [-0.2, -0.15) is 5.26 Å². The zero-order valence-electron chi connectivity index (χ0n) is 20.0. The molecular formula is C26H29N5O5S. The molecule has 3 heterocycles. The minimum absolute atomic E-state index is 0. The summed E-state index contributed by atoms with van der Waals surface area (Å²) in [6, 6.07) is 9.38. The van der Waals surface area contributed by atoms with Crippen LogP contribution in [0.2, 0.25) is 0 Å². The van der Waals surface area contributed by atoms with Crippen LogP contribution < -0.4 is 15.5 Å². The van der Waals surface area contributed by atoms with E-state index in [2.05, 4.69) is 21.7 Å². The van der Waals surface area contributed by atoms with Crippen LogP contribution in [-0.4, -0.2) is 47.1 Å². The smallest absolute Gasteiger partial charge is 0.416 e. The number of rotatable bonds is 6. The van der Waals surface area contributed by atoms with Gasteiger partial charge in [-0.25, -0.2) is 14.7 Å². The first-order chi connectivity index (χ1) is 17.9. The highest BCUT2D eigenvalue weighted by Crippen LogP contribution is 2.37. The Kier molecular flexibility index (Phi) is 5.64. The first-order valence-corrected chi connectivity index (χ1v) is 13.3. The molecule has 2 N–H and O–H groups in total. The van der Waals surface area contributed by atoms with Crippen molar-refractivity contribution < 1.29 is 26.4 Å². The molecule has 3 fully saturated rings. The van der Waals surface area contributed by atoms with Crippen molar-refractivity contribution in [2.75, 3.05) is 18.1 Å². The van der Waals surface area contributed by atoms with Gasteiger partial charge in [-0.1, -0.05) is 31.4 Å². The van der Waals surface area contributed by atoms with Gasteiger partial charge in [0.25, 0.3) is 5.91 Å². The van der Waals surface area contributed by atoms with Gasteiger partial charge in [-0.05, 0) is 37.8 Å². The maximum absolute atomic E-state index is 13.3. The maximum Gasteiger partial charge on any atom is 0.416 e. The summed E-state index contributed by atoms with van der Waals surface area (Å²) in [6.45, 7) is 0.817. The van der Waals surface area contributed by atoms with Crippen LogP contribution in [0.25, 0.3) is 22.2 Å². The van der Waals surface area contributed by atoms with Gasteiger partial charge in [0.15, 0.2) is 10.9 Å². The van der Waals surface area contributed by atoms with E-state index in [9.17, 15) is 19.6 Å². The molecule has 3 aliphatic rings. The molecule has 2 aliphatic carbocycles. The van der Waals surface area contributed by atoms with Gasteiger partial charge in [-0.3, -0.25) is 9.59 Å². The Morgan fingerprint density at radius 3 is 2.65 bits per heavy atom. The van der Waals surface area contributed by atoms with Gasteiger partial charge in [0, 0.05) is 19.2 Å². The summed E-state index contributed by atoms with van der Waals surface area (Å²) >= 11 is 1.35. The number of furan rings is 1. The molecule has 1 aliphatic heterocycles. The molecule has 1 aromatic carbocycles. The van der Waals surface area contributed by atoms with E-state index in [1.165, 1.54) is 16.2 Å². The minimum atomic E-state index is -1.06. The van der Waals surface area contributed by atoms with Gasteiger partial charge in [0.1, 0.15) is 23.3 Å². The minimum Gasteiger partial charge on any atom is -0.451 e. The average molecular weight is 524 g/mol. The van der Waals surface area contributed by atoms with Crippen LogP contribution >= 0.6 is 11.3 Å². The van der Waals surface area contributed by atoms with Gasteiger partial charge in [0.05, 0.1) is 18.3 Å². The predicted octanol–water partition coefficient (Wildman–Crippen LogP) is 4.61. The fraction of sp³-hybridized carbons (Fsp3) is 0.423. The lowest BCUT2D eigenvalue weighted by molar-refractivity contribution is -0.129. The van der Waals surface area contributed by atoms with E-state index in [1.807, 2.05) is 17.5 Å². The fourth-order valence-corrected chi connectivity index (χ4v) is 5.81. The number of nitriles is 1. The fourth-order valence-electron chi connectivity index (χ4n) is 4.96. The van der Waals surface area contributed by atoms with E-state index in [0.29, 0.717) is 55.2 Å². The number of anilines is 1. The quantitative estimate of drug-likeness (QED) is 0.481. The molecule has 37 heavy (non-hydrogen) atoms.